The number of halogens is 1. The predicted octanol–water partition coefficient (Wildman–Crippen LogP) is 1.61. The van der Waals surface area contributed by atoms with Gasteiger partial charge in [0.1, 0.15) is 4.83 Å². The van der Waals surface area contributed by atoms with Crippen LogP contribution < -0.4 is 5.73 Å². The highest BCUT2D eigenvalue weighted by molar-refractivity contribution is 9.09. The van der Waals surface area contributed by atoms with Crippen LogP contribution in [-0.4, -0.2) is 5.91 Å². The molecule has 0 spiro atoms. The summed E-state index contributed by atoms with van der Waals surface area (Å²) in [5, 5.41) is 0. The summed E-state index contributed by atoms with van der Waals surface area (Å²) in [6.45, 7) is 0. The minimum Gasteiger partial charge on any atom is -0.368 e. The molecule has 11 heavy (non-hydrogen) atoms. The lowest BCUT2D eigenvalue weighted by molar-refractivity contribution is -0.117. The summed E-state index contributed by atoms with van der Waals surface area (Å²) in [6.07, 6.45) is 0. The second kappa shape index (κ2) is 3.53. The molecule has 58 valence electrons. The van der Waals surface area contributed by atoms with Crippen molar-refractivity contribution in [2.24, 2.45) is 5.73 Å². The van der Waals surface area contributed by atoms with Crippen LogP contribution in [0.2, 0.25) is 0 Å². The number of nitrogens with two attached hydrogens (primary N) is 1. The van der Waals surface area contributed by atoms with Crippen LogP contribution in [0.25, 0.3) is 0 Å². The second-order valence-electron chi connectivity index (χ2n) is 2.18. The Labute approximate surface area is 73.5 Å². The van der Waals surface area contributed by atoms with Gasteiger partial charge < -0.3 is 5.73 Å². The maximum atomic E-state index is 10.7. The van der Waals surface area contributed by atoms with Crippen LogP contribution in [0.1, 0.15) is 10.4 Å². The first-order valence-corrected chi connectivity index (χ1v) is 4.11. The minimum atomic E-state index is -0.372. The number of primary amides is 1. The Kier molecular flexibility index (Phi) is 2.65. The van der Waals surface area contributed by atoms with E-state index in [2.05, 4.69) is 15.9 Å². The molecule has 0 saturated heterocycles. The zero-order valence-electron chi connectivity index (χ0n) is 5.83. The number of hydrogen-bond acceptors (Lipinski definition) is 1. The molecule has 0 fully saturated rings. The Hall–Kier alpha value is -0.830. The molecule has 1 aromatic carbocycles. The van der Waals surface area contributed by atoms with Crippen LogP contribution in [0, 0.1) is 0 Å². The van der Waals surface area contributed by atoms with E-state index in [0.29, 0.717) is 0 Å². The number of rotatable bonds is 2. The number of alkyl halides is 1. The number of hydrogen-bond donors (Lipinski definition) is 1. The monoisotopic (exact) mass is 213 g/mol. The molecule has 0 aliphatic rings. The van der Waals surface area contributed by atoms with E-state index in [9.17, 15) is 4.79 Å². The van der Waals surface area contributed by atoms with Crippen molar-refractivity contribution in [1.29, 1.82) is 0 Å². The van der Waals surface area contributed by atoms with Crippen molar-refractivity contribution in [2.45, 2.75) is 4.83 Å². The highest BCUT2D eigenvalue weighted by Crippen LogP contribution is 2.20. The number of benzene rings is 1. The Morgan fingerprint density at radius 2 is 1.91 bits per heavy atom. The van der Waals surface area contributed by atoms with E-state index >= 15 is 0 Å². The third-order valence-electron chi connectivity index (χ3n) is 1.34. The first-order chi connectivity index (χ1) is 5.22. The summed E-state index contributed by atoms with van der Waals surface area (Å²) in [6, 6.07) is 9.33. The highest BCUT2D eigenvalue weighted by atomic mass is 79.9. The molecule has 1 aromatic rings. The van der Waals surface area contributed by atoms with Crippen molar-refractivity contribution in [3.63, 3.8) is 0 Å². The SMILES string of the molecule is NC(=O)C(Br)c1ccccc1. The third-order valence-corrected chi connectivity index (χ3v) is 2.32. The van der Waals surface area contributed by atoms with Gasteiger partial charge in [-0.15, -0.1) is 0 Å². The minimum absolute atomic E-state index is 0.365. The van der Waals surface area contributed by atoms with E-state index in [0.717, 1.165) is 5.56 Å². The molecule has 0 aliphatic heterocycles. The van der Waals surface area contributed by atoms with E-state index < -0.39 is 0 Å². The van der Waals surface area contributed by atoms with Crippen molar-refractivity contribution in [1.82, 2.24) is 0 Å². The molecular weight excluding hydrogens is 206 g/mol. The largest absolute Gasteiger partial charge is 0.368 e. The average molecular weight is 214 g/mol. The summed E-state index contributed by atoms with van der Waals surface area (Å²) in [5.41, 5.74) is 5.97. The molecule has 2 N–H and O–H groups in total. The van der Waals surface area contributed by atoms with Gasteiger partial charge in [-0.25, -0.2) is 0 Å². The number of carbonyl (C=O) groups is 1. The zero-order valence-corrected chi connectivity index (χ0v) is 7.41. The molecule has 1 unspecified atom stereocenters. The lowest BCUT2D eigenvalue weighted by Gasteiger charge is -2.03. The quantitative estimate of drug-likeness (QED) is 0.746. The van der Waals surface area contributed by atoms with Crippen molar-refractivity contribution < 1.29 is 4.79 Å². The van der Waals surface area contributed by atoms with Gasteiger partial charge in [0.05, 0.1) is 0 Å². The van der Waals surface area contributed by atoms with Crippen LogP contribution in [0.4, 0.5) is 0 Å². The van der Waals surface area contributed by atoms with Crippen LogP contribution in [-0.2, 0) is 4.79 Å². The molecule has 1 amide bonds. The summed E-state index contributed by atoms with van der Waals surface area (Å²) in [5.74, 6) is -0.365. The smallest absolute Gasteiger partial charge is 0.235 e. The molecule has 1 rings (SSSR count). The molecule has 0 saturated carbocycles. The van der Waals surface area contributed by atoms with Gasteiger partial charge in [-0.2, -0.15) is 0 Å². The summed E-state index contributed by atoms with van der Waals surface area (Å²) < 4.78 is 0. The topological polar surface area (TPSA) is 43.1 Å². The summed E-state index contributed by atoms with van der Waals surface area (Å²) >= 11 is 3.18. The standard InChI is InChI=1S/C8H8BrNO/c9-7(8(10)11)6-4-2-1-3-5-6/h1-5,7H,(H2,10,11). The lowest BCUT2D eigenvalue weighted by Crippen LogP contribution is -2.16. The van der Waals surface area contributed by atoms with Gasteiger partial charge >= 0.3 is 0 Å². The number of amides is 1. The summed E-state index contributed by atoms with van der Waals surface area (Å²) in [7, 11) is 0. The van der Waals surface area contributed by atoms with E-state index in [1.807, 2.05) is 30.3 Å². The first kappa shape index (κ1) is 8.27. The first-order valence-electron chi connectivity index (χ1n) is 3.20. The van der Waals surface area contributed by atoms with Crippen molar-refractivity contribution in [2.75, 3.05) is 0 Å². The van der Waals surface area contributed by atoms with Gasteiger partial charge in [0, 0.05) is 0 Å². The van der Waals surface area contributed by atoms with Crippen molar-refractivity contribution >= 4 is 21.8 Å². The summed E-state index contributed by atoms with van der Waals surface area (Å²) in [4.78, 5) is 10.3. The fraction of sp³-hybridized carbons (Fsp3) is 0.125. The molecule has 0 heterocycles. The van der Waals surface area contributed by atoms with E-state index in [1.54, 1.807) is 0 Å². The van der Waals surface area contributed by atoms with Crippen LogP contribution in [0.15, 0.2) is 30.3 Å². The van der Waals surface area contributed by atoms with E-state index in [4.69, 9.17) is 5.73 Å². The van der Waals surface area contributed by atoms with Crippen molar-refractivity contribution in [3.8, 4) is 0 Å². The normalized spacial score (nSPS) is 12.5. The lowest BCUT2D eigenvalue weighted by atomic mass is 10.1. The van der Waals surface area contributed by atoms with Crippen LogP contribution in [0.5, 0.6) is 0 Å². The Bertz CT molecular complexity index is 248. The van der Waals surface area contributed by atoms with Gasteiger partial charge in [0.15, 0.2) is 0 Å². The van der Waals surface area contributed by atoms with Gasteiger partial charge in [0.25, 0.3) is 0 Å². The van der Waals surface area contributed by atoms with E-state index in [-0.39, 0.29) is 10.7 Å². The Morgan fingerprint density at radius 3 is 2.36 bits per heavy atom. The van der Waals surface area contributed by atoms with Gasteiger partial charge in [-0.1, -0.05) is 46.3 Å². The molecule has 0 aromatic heterocycles. The highest BCUT2D eigenvalue weighted by Gasteiger charge is 2.11. The molecule has 2 nitrogen and oxygen atoms in total. The number of carbonyl (C=O) groups excluding carboxylic acids is 1. The fourth-order valence-electron chi connectivity index (χ4n) is 0.786. The maximum Gasteiger partial charge on any atom is 0.235 e. The molecule has 3 heteroatoms. The average Bonchev–Trinajstić information content (AvgIpc) is 2.05. The maximum absolute atomic E-state index is 10.7. The fourth-order valence-corrected chi connectivity index (χ4v) is 1.09. The van der Waals surface area contributed by atoms with Gasteiger partial charge in [-0.05, 0) is 5.56 Å². The predicted molar refractivity (Wildman–Crippen MR) is 47.3 cm³/mol. The third kappa shape index (κ3) is 2.05. The Balaban J connectivity index is 2.85. The van der Waals surface area contributed by atoms with Crippen LogP contribution in [0.3, 0.4) is 0 Å². The van der Waals surface area contributed by atoms with Crippen molar-refractivity contribution in [3.05, 3.63) is 35.9 Å². The molecular formula is C8H8BrNO. The molecule has 0 aliphatic carbocycles. The second-order valence-corrected chi connectivity index (χ2v) is 3.09. The van der Waals surface area contributed by atoms with Gasteiger partial charge in [0.2, 0.25) is 5.91 Å². The molecule has 0 bridgehead atoms. The van der Waals surface area contributed by atoms with Crippen LogP contribution >= 0.6 is 15.9 Å². The Morgan fingerprint density at radius 1 is 1.36 bits per heavy atom. The molecule has 1 atom stereocenters. The zero-order chi connectivity index (χ0) is 8.27. The van der Waals surface area contributed by atoms with Gasteiger partial charge in [-0.3, -0.25) is 4.79 Å². The molecule has 0 radical (unpaired) electrons. The van der Waals surface area contributed by atoms with E-state index in [1.165, 1.54) is 0 Å².